The monoisotopic (exact) mass is 390 g/mol. The number of aryl methyl sites for hydroxylation is 1. The molecule has 7 nitrogen and oxygen atoms in total. The first-order chi connectivity index (χ1) is 13.0. The maximum Gasteiger partial charge on any atom is 0.419 e. The summed E-state index contributed by atoms with van der Waals surface area (Å²) in [6, 6.07) is 7.62. The number of hydrogen-bond donors (Lipinski definition) is 3. The largest absolute Gasteiger partial charge is 0.419 e. The number of hydrazine groups is 1. The second kappa shape index (κ2) is 9.03. The highest BCUT2D eigenvalue weighted by molar-refractivity contribution is 7.80. The van der Waals surface area contributed by atoms with Crippen LogP contribution in [-0.2, 0) is 11.3 Å². The van der Waals surface area contributed by atoms with Gasteiger partial charge in [-0.3, -0.25) is 20.2 Å². The van der Waals surface area contributed by atoms with E-state index in [2.05, 4.69) is 23.1 Å². The minimum atomic E-state index is -0.401. The van der Waals surface area contributed by atoms with Crippen LogP contribution < -0.4 is 21.9 Å². The molecule has 1 aliphatic rings. The predicted octanol–water partition coefficient (Wildman–Crippen LogP) is 2.45. The number of aromatic nitrogens is 1. The average Bonchev–Trinajstić information content (AvgIpc) is 2.97. The molecule has 0 saturated heterocycles. The Labute approximate surface area is 163 Å². The van der Waals surface area contributed by atoms with Crippen LogP contribution in [0.25, 0.3) is 11.1 Å². The zero-order valence-corrected chi connectivity index (χ0v) is 16.3. The molecule has 1 saturated carbocycles. The highest BCUT2D eigenvalue weighted by atomic mass is 32.1. The first-order valence-electron chi connectivity index (χ1n) is 9.48. The van der Waals surface area contributed by atoms with Crippen LogP contribution >= 0.6 is 12.2 Å². The molecular formula is C19H26N4O3S. The van der Waals surface area contributed by atoms with E-state index in [4.69, 9.17) is 16.6 Å². The molecule has 8 heteroatoms. The van der Waals surface area contributed by atoms with Crippen molar-refractivity contribution >= 4 is 34.3 Å². The number of oxazole rings is 1. The number of fused-ring (bicyclic) bond motifs is 1. The maximum absolute atomic E-state index is 12.0. The second-order valence-corrected chi connectivity index (χ2v) is 7.51. The fourth-order valence-electron chi connectivity index (χ4n) is 3.55. The third-order valence-corrected chi connectivity index (χ3v) is 5.32. The molecule has 1 fully saturated rings. The summed E-state index contributed by atoms with van der Waals surface area (Å²) >= 11 is 5.26. The van der Waals surface area contributed by atoms with E-state index in [-0.39, 0.29) is 12.3 Å². The van der Waals surface area contributed by atoms with Crippen molar-refractivity contribution in [2.24, 2.45) is 5.92 Å². The van der Waals surface area contributed by atoms with E-state index in [9.17, 15) is 9.59 Å². The van der Waals surface area contributed by atoms with Crippen molar-refractivity contribution < 1.29 is 9.21 Å². The van der Waals surface area contributed by atoms with Gasteiger partial charge in [0.2, 0.25) is 5.91 Å². The van der Waals surface area contributed by atoms with Gasteiger partial charge in [0.05, 0.1) is 5.52 Å². The van der Waals surface area contributed by atoms with Gasteiger partial charge in [-0.1, -0.05) is 31.9 Å². The first-order valence-corrected chi connectivity index (χ1v) is 9.89. The third-order valence-electron chi connectivity index (χ3n) is 5.10. The number of nitrogens with one attached hydrogen (secondary N) is 3. The summed E-state index contributed by atoms with van der Waals surface area (Å²) in [5.74, 6) is 0.00991. The molecule has 0 aliphatic heterocycles. The van der Waals surface area contributed by atoms with Crippen LogP contribution in [0.1, 0.15) is 45.4 Å². The van der Waals surface area contributed by atoms with Crippen molar-refractivity contribution in [1.29, 1.82) is 0 Å². The summed E-state index contributed by atoms with van der Waals surface area (Å²) in [6.45, 7) is 2.64. The number of carbonyl (C=O) groups is 1. The zero-order chi connectivity index (χ0) is 19.2. The van der Waals surface area contributed by atoms with Gasteiger partial charge in [-0.15, -0.1) is 0 Å². The lowest BCUT2D eigenvalue weighted by Gasteiger charge is -2.30. The van der Waals surface area contributed by atoms with Crippen LogP contribution in [0.15, 0.2) is 33.5 Å². The van der Waals surface area contributed by atoms with E-state index in [0.717, 1.165) is 11.9 Å². The van der Waals surface area contributed by atoms with Gasteiger partial charge in [-0.05, 0) is 49.5 Å². The lowest BCUT2D eigenvalue weighted by atomic mass is 9.86. The van der Waals surface area contributed by atoms with Crippen LogP contribution in [0, 0.1) is 5.92 Å². The van der Waals surface area contributed by atoms with Crippen molar-refractivity contribution in [2.45, 2.75) is 58.0 Å². The molecule has 27 heavy (non-hydrogen) atoms. The Morgan fingerprint density at radius 1 is 1.26 bits per heavy atom. The highest BCUT2D eigenvalue weighted by Crippen LogP contribution is 2.23. The van der Waals surface area contributed by atoms with Crippen molar-refractivity contribution in [3.05, 3.63) is 34.8 Å². The Hall–Kier alpha value is -2.35. The molecule has 146 valence electrons. The van der Waals surface area contributed by atoms with Crippen LogP contribution in [0.5, 0.6) is 0 Å². The number of benzene rings is 1. The van der Waals surface area contributed by atoms with Crippen LogP contribution in [0.4, 0.5) is 0 Å². The summed E-state index contributed by atoms with van der Waals surface area (Å²) in [5.41, 5.74) is 6.68. The molecule has 1 amide bonds. The zero-order valence-electron chi connectivity index (χ0n) is 15.5. The van der Waals surface area contributed by atoms with Gasteiger partial charge >= 0.3 is 5.76 Å². The number of rotatable bonds is 5. The van der Waals surface area contributed by atoms with E-state index < -0.39 is 5.76 Å². The van der Waals surface area contributed by atoms with Crippen LogP contribution in [0.2, 0.25) is 0 Å². The number of carbonyl (C=O) groups excluding carboxylic acids is 1. The minimum absolute atomic E-state index is 0.170. The Morgan fingerprint density at radius 2 is 2.04 bits per heavy atom. The van der Waals surface area contributed by atoms with Crippen molar-refractivity contribution in [1.82, 2.24) is 20.7 Å². The fourth-order valence-corrected chi connectivity index (χ4v) is 3.75. The van der Waals surface area contributed by atoms with E-state index in [0.29, 0.717) is 35.6 Å². The normalized spacial score (nSPS) is 19.6. The van der Waals surface area contributed by atoms with Gasteiger partial charge in [-0.2, -0.15) is 0 Å². The molecule has 1 aliphatic carbocycles. The molecule has 2 atom stereocenters. The maximum atomic E-state index is 12.0. The lowest BCUT2D eigenvalue weighted by Crippen LogP contribution is -2.51. The van der Waals surface area contributed by atoms with E-state index in [1.54, 1.807) is 10.6 Å². The predicted molar refractivity (Wildman–Crippen MR) is 108 cm³/mol. The number of para-hydroxylation sites is 2. The summed E-state index contributed by atoms with van der Waals surface area (Å²) in [6.07, 6.45) is 5.58. The summed E-state index contributed by atoms with van der Waals surface area (Å²) in [4.78, 5) is 23.9. The highest BCUT2D eigenvalue weighted by Gasteiger charge is 2.21. The second-order valence-electron chi connectivity index (χ2n) is 7.11. The summed E-state index contributed by atoms with van der Waals surface area (Å²) in [7, 11) is 0. The van der Waals surface area contributed by atoms with E-state index in [1.807, 2.05) is 18.2 Å². The molecule has 3 N–H and O–H groups in total. The smallest absolute Gasteiger partial charge is 0.408 e. The van der Waals surface area contributed by atoms with Gasteiger partial charge in [0.25, 0.3) is 0 Å². The van der Waals surface area contributed by atoms with Gasteiger partial charge in [0.15, 0.2) is 10.7 Å². The Kier molecular flexibility index (Phi) is 6.49. The Balaban J connectivity index is 1.40. The first kappa shape index (κ1) is 19.4. The quantitative estimate of drug-likeness (QED) is 0.537. The SMILES string of the molecule is CC1CCCCC1NC(=S)NNC(=O)CCCn1c(=O)oc2ccccc21. The standard InChI is InChI=1S/C19H26N4O3S/c1-13-7-2-3-8-14(13)20-18(27)22-21-17(24)11-6-12-23-15-9-4-5-10-16(15)26-19(23)25/h4-5,9-10,13-14H,2-3,6-8,11-12H2,1H3,(H,21,24)(H2,20,22,27). The van der Waals surface area contributed by atoms with Crippen LogP contribution in [-0.4, -0.2) is 21.6 Å². The van der Waals surface area contributed by atoms with E-state index in [1.165, 1.54) is 19.3 Å². The number of nitrogens with zero attached hydrogens (tertiary/aromatic N) is 1. The molecule has 1 heterocycles. The number of amides is 1. The van der Waals surface area contributed by atoms with Gasteiger partial charge < -0.3 is 9.73 Å². The molecule has 0 radical (unpaired) electrons. The third kappa shape index (κ3) is 5.09. The number of thiocarbonyl (C=S) groups is 1. The summed E-state index contributed by atoms with van der Waals surface area (Å²) in [5, 5.41) is 3.72. The molecule has 0 bridgehead atoms. The number of hydrogen-bond acceptors (Lipinski definition) is 4. The van der Waals surface area contributed by atoms with E-state index >= 15 is 0 Å². The van der Waals surface area contributed by atoms with Crippen molar-refractivity contribution in [2.75, 3.05) is 0 Å². The Morgan fingerprint density at radius 3 is 2.85 bits per heavy atom. The van der Waals surface area contributed by atoms with Crippen LogP contribution in [0.3, 0.4) is 0 Å². The van der Waals surface area contributed by atoms with Gasteiger partial charge in [-0.25, -0.2) is 4.79 Å². The molecule has 0 spiro atoms. The molecule has 1 aromatic heterocycles. The lowest BCUT2D eigenvalue weighted by molar-refractivity contribution is -0.121. The van der Waals surface area contributed by atoms with Gasteiger partial charge in [0.1, 0.15) is 0 Å². The topological polar surface area (TPSA) is 88.3 Å². The molecule has 2 aromatic rings. The molecular weight excluding hydrogens is 364 g/mol. The molecule has 3 rings (SSSR count). The minimum Gasteiger partial charge on any atom is -0.408 e. The van der Waals surface area contributed by atoms with Crippen molar-refractivity contribution in [3.63, 3.8) is 0 Å². The van der Waals surface area contributed by atoms with Gasteiger partial charge in [0, 0.05) is 19.0 Å². The van der Waals surface area contributed by atoms with Crippen molar-refractivity contribution in [3.8, 4) is 0 Å². The average molecular weight is 391 g/mol. The molecule has 2 unspecified atom stereocenters. The molecule has 1 aromatic carbocycles. The fraction of sp³-hybridized carbons (Fsp3) is 0.526. The Bertz CT molecular complexity index is 860. The summed E-state index contributed by atoms with van der Waals surface area (Å²) < 4.78 is 6.73.